The van der Waals surface area contributed by atoms with Crippen molar-refractivity contribution in [2.45, 2.75) is 38.3 Å². The summed E-state index contributed by atoms with van der Waals surface area (Å²) in [5.74, 6) is 0.973. The molecule has 0 aliphatic carbocycles. The van der Waals surface area contributed by atoms with Crippen LogP contribution in [0.3, 0.4) is 0 Å². The summed E-state index contributed by atoms with van der Waals surface area (Å²) in [5, 5.41) is 27.4. The first-order valence-electron chi connectivity index (χ1n) is 12.5. The zero-order valence-electron chi connectivity index (χ0n) is 21.8. The van der Waals surface area contributed by atoms with Crippen LogP contribution in [0.5, 0.6) is 5.75 Å². The molecule has 1 atom stereocenters. The van der Waals surface area contributed by atoms with Crippen LogP contribution in [0.2, 0.25) is 5.02 Å². The van der Waals surface area contributed by atoms with Crippen molar-refractivity contribution in [1.29, 1.82) is 5.26 Å². The second-order valence-corrected chi connectivity index (χ2v) is 11.0. The van der Waals surface area contributed by atoms with Crippen molar-refractivity contribution in [2.24, 2.45) is 0 Å². The highest BCUT2D eigenvalue weighted by Gasteiger charge is 2.36. The number of carbonyl (C=O) groups excluding carboxylic acids is 1. The maximum atomic E-state index is 12.8. The van der Waals surface area contributed by atoms with Crippen molar-refractivity contribution in [3.05, 3.63) is 71.4 Å². The van der Waals surface area contributed by atoms with Crippen LogP contribution < -0.4 is 15.0 Å². The van der Waals surface area contributed by atoms with Gasteiger partial charge in [-0.1, -0.05) is 11.6 Å². The van der Waals surface area contributed by atoms with Crippen LogP contribution in [-0.2, 0) is 0 Å². The number of hydrogen-bond donors (Lipinski definition) is 2. The van der Waals surface area contributed by atoms with Gasteiger partial charge in [0.1, 0.15) is 29.9 Å². The average Bonchev–Trinajstić information content (AvgIpc) is 3.50. The van der Waals surface area contributed by atoms with Gasteiger partial charge in [-0.3, -0.25) is 4.79 Å². The number of rotatable bonds is 7. The molecule has 0 spiro atoms. The number of nitriles is 1. The Bertz CT molecular complexity index is 1570. The quantitative estimate of drug-likeness (QED) is 0.358. The fourth-order valence-electron chi connectivity index (χ4n) is 4.61. The van der Waals surface area contributed by atoms with Crippen molar-refractivity contribution in [3.8, 4) is 22.9 Å². The Morgan fingerprint density at radius 1 is 1.31 bits per heavy atom. The molecule has 11 heteroatoms. The Morgan fingerprint density at radius 3 is 2.82 bits per heavy atom. The van der Waals surface area contributed by atoms with Gasteiger partial charge in [-0.25, -0.2) is 14.5 Å². The summed E-state index contributed by atoms with van der Waals surface area (Å²) in [6, 6.07) is 11.2. The average molecular weight is 546 g/mol. The lowest BCUT2D eigenvalue weighted by Crippen LogP contribution is -2.48. The van der Waals surface area contributed by atoms with Gasteiger partial charge in [0.05, 0.1) is 39.6 Å². The van der Waals surface area contributed by atoms with Gasteiger partial charge in [0.25, 0.3) is 5.91 Å². The number of fused-ring (bicyclic) bond motifs is 1. The van der Waals surface area contributed by atoms with Gasteiger partial charge in [0, 0.05) is 36.6 Å². The molecular weight excluding hydrogens is 518 g/mol. The minimum atomic E-state index is -1.01. The third-order valence-electron chi connectivity index (χ3n) is 6.54. The van der Waals surface area contributed by atoms with E-state index in [1.807, 2.05) is 25.1 Å². The van der Waals surface area contributed by atoms with Crippen molar-refractivity contribution in [2.75, 3.05) is 24.6 Å². The summed E-state index contributed by atoms with van der Waals surface area (Å²) >= 11 is 6.15. The van der Waals surface area contributed by atoms with Crippen LogP contribution in [-0.4, -0.2) is 61.4 Å². The van der Waals surface area contributed by atoms with Crippen LogP contribution in [0.1, 0.15) is 43.2 Å². The number of ether oxygens (including phenoxy) is 1. The number of pyridine rings is 3. The molecular formula is C28H28ClN7O3. The molecule has 5 heterocycles. The predicted molar refractivity (Wildman–Crippen MR) is 147 cm³/mol. The minimum absolute atomic E-state index is 0.0956. The highest BCUT2D eigenvalue weighted by Crippen LogP contribution is 2.33. The maximum Gasteiger partial charge on any atom is 0.271 e. The number of anilines is 1. The molecule has 4 aromatic heterocycles. The molecule has 39 heavy (non-hydrogen) atoms. The molecule has 2 N–H and O–H groups in total. The van der Waals surface area contributed by atoms with Crippen LogP contribution >= 0.6 is 11.6 Å². The number of hydrogen-bond acceptors (Lipinski definition) is 8. The van der Waals surface area contributed by atoms with Gasteiger partial charge in [0.2, 0.25) is 0 Å². The van der Waals surface area contributed by atoms with E-state index in [1.165, 1.54) is 6.20 Å². The minimum Gasteiger partial charge on any atom is -0.489 e. The second-order valence-electron chi connectivity index (χ2n) is 10.6. The fourth-order valence-corrected chi connectivity index (χ4v) is 4.82. The molecule has 1 saturated heterocycles. The van der Waals surface area contributed by atoms with E-state index in [-0.39, 0.29) is 18.2 Å². The summed E-state index contributed by atoms with van der Waals surface area (Å²) in [5.41, 5.74) is 1.33. The summed E-state index contributed by atoms with van der Waals surface area (Å²) in [6.45, 7) is 6.71. The molecule has 0 bridgehead atoms. The lowest BCUT2D eigenvalue weighted by molar-refractivity contribution is 0.0283. The number of halogens is 1. The normalized spacial score (nSPS) is 17.3. The predicted octanol–water partition coefficient (Wildman–Crippen LogP) is 3.86. The van der Waals surface area contributed by atoms with Gasteiger partial charge in [-0.2, -0.15) is 10.4 Å². The Labute approximate surface area is 230 Å². The van der Waals surface area contributed by atoms with E-state index < -0.39 is 11.1 Å². The topological polar surface area (TPSA) is 129 Å². The molecule has 10 nitrogen and oxygen atoms in total. The fraction of sp³-hybridized carbons (Fsp3) is 0.321. The number of amides is 1. The van der Waals surface area contributed by atoms with E-state index in [0.29, 0.717) is 34.9 Å². The van der Waals surface area contributed by atoms with Gasteiger partial charge in [-0.15, -0.1) is 0 Å². The first-order valence-corrected chi connectivity index (χ1v) is 12.8. The zero-order chi connectivity index (χ0) is 27.8. The summed E-state index contributed by atoms with van der Waals surface area (Å²) in [7, 11) is 0. The Balaban J connectivity index is 1.37. The van der Waals surface area contributed by atoms with Crippen LogP contribution in [0.25, 0.3) is 16.6 Å². The molecule has 5 rings (SSSR count). The van der Waals surface area contributed by atoms with Crippen LogP contribution in [0.4, 0.5) is 5.82 Å². The van der Waals surface area contributed by atoms with E-state index in [2.05, 4.69) is 26.4 Å². The van der Waals surface area contributed by atoms with E-state index in [0.717, 1.165) is 23.4 Å². The Kier molecular flexibility index (Phi) is 6.89. The molecule has 4 aromatic rings. The molecule has 1 fully saturated rings. The van der Waals surface area contributed by atoms with Gasteiger partial charge in [0.15, 0.2) is 0 Å². The smallest absolute Gasteiger partial charge is 0.271 e. The lowest BCUT2D eigenvalue weighted by atomic mass is 10.0. The zero-order valence-corrected chi connectivity index (χ0v) is 22.6. The largest absolute Gasteiger partial charge is 0.489 e. The monoisotopic (exact) mass is 545 g/mol. The Hall–Kier alpha value is -4.20. The third-order valence-corrected chi connectivity index (χ3v) is 6.85. The second kappa shape index (κ2) is 10.2. The summed E-state index contributed by atoms with van der Waals surface area (Å²) < 4.78 is 7.41. The van der Waals surface area contributed by atoms with Crippen molar-refractivity contribution in [1.82, 2.24) is 24.9 Å². The standard InChI is InChI=1S/C28H28ClN7O3/c1-27(2,38)17-39-20-11-21(25-19(12-30)14-33-36(25)15-20)18-6-7-23(32-13-18)35-10-8-28(3,16-35)34-26(37)24-22(29)5-4-9-31-24/h4-7,9,11,13-15,38H,8,10,16-17H2,1-3H3,(H,34,37)/t28-/m0/s1. The lowest BCUT2D eigenvalue weighted by Gasteiger charge is -2.26. The number of carbonyl (C=O) groups is 1. The van der Waals surface area contributed by atoms with Gasteiger partial charge >= 0.3 is 0 Å². The molecule has 0 radical (unpaired) electrons. The highest BCUT2D eigenvalue weighted by molar-refractivity contribution is 6.33. The van der Waals surface area contributed by atoms with Crippen LogP contribution in [0, 0.1) is 11.3 Å². The molecule has 0 aromatic carbocycles. The molecule has 200 valence electrons. The van der Waals surface area contributed by atoms with Crippen molar-refractivity contribution < 1.29 is 14.6 Å². The maximum absolute atomic E-state index is 12.8. The van der Waals surface area contributed by atoms with Crippen molar-refractivity contribution in [3.63, 3.8) is 0 Å². The number of nitrogens with one attached hydrogen (secondary N) is 1. The summed E-state index contributed by atoms with van der Waals surface area (Å²) in [6.07, 6.45) is 7.22. The third kappa shape index (κ3) is 5.65. The molecule has 1 aliphatic rings. The molecule has 1 aliphatic heterocycles. The molecule has 1 amide bonds. The van der Waals surface area contributed by atoms with Crippen molar-refractivity contribution >= 4 is 28.8 Å². The highest BCUT2D eigenvalue weighted by atomic mass is 35.5. The first-order chi connectivity index (χ1) is 18.5. The van der Waals surface area contributed by atoms with E-state index >= 15 is 0 Å². The number of nitrogens with zero attached hydrogens (tertiary/aromatic N) is 6. The SMILES string of the molecule is CC(C)(O)COc1cc(-c2ccc(N3CC[C@](C)(NC(=O)c4ncccc4Cl)C3)nc2)c2c(C#N)cnn2c1. The Morgan fingerprint density at radius 2 is 2.13 bits per heavy atom. The van der Waals surface area contributed by atoms with Gasteiger partial charge in [-0.05, 0) is 57.5 Å². The number of aromatic nitrogens is 4. The van der Waals surface area contributed by atoms with E-state index in [1.54, 1.807) is 49.1 Å². The van der Waals surface area contributed by atoms with Crippen LogP contribution in [0.15, 0.2) is 55.1 Å². The number of aliphatic hydroxyl groups is 1. The molecule has 0 saturated carbocycles. The first kappa shape index (κ1) is 26.4. The summed E-state index contributed by atoms with van der Waals surface area (Å²) in [4.78, 5) is 23.7. The van der Waals surface area contributed by atoms with E-state index in [4.69, 9.17) is 21.3 Å². The van der Waals surface area contributed by atoms with Gasteiger partial charge < -0.3 is 20.1 Å². The molecule has 0 unspecified atom stereocenters. The van der Waals surface area contributed by atoms with E-state index in [9.17, 15) is 15.2 Å².